The molecule has 3 heteroatoms. The molecule has 0 saturated heterocycles. The Labute approximate surface area is 106 Å². The summed E-state index contributed by atoms with van der Waals surface area (Å²) in [6, 6.07) is 2.13. The first-order chi connectivity index (χ1) is 8.24. The van der Waals surface area contributed by atoms with Gasteiger partial charge < -0.3 is 5.32 Å². The van der Waals surface area contributed by atoms with Crippen molar-refractivity contribution in [3.8, 4) is 6.07 Å². The van der Waals surface area contributed by atoms with E-state index in [1.54, 1.807) is 0 Å². The number of carbonyl (C=O) groups excluding carboxylic acids is 1. The number of unbranched alkanes of at least 4 members (excludes halogenated alkanes) is 5. The molecule has 0 heterocycles. The van der Waals surface area contributed by atoms with E-state index in [9.17, 15) is 4.79 Å². The van der Waals surface area contributed by atoms with Crippen molar-refractivity contribution >= 4 is 5.91 Å². The highest BCUT2D eigenvalue weighted by Crippen LogP contribution is 2.07. The molecule has 1 amide bonds. The molecule has 0 spiro atoms. The maximum atomic E-state index is 11.6. The number of hydrogen-bond acceptors (Lipinski definition) is 2. The molecule has 0 aromatic rings. The minimum Gasteiger partial charge on any atom is -0.352 e. The summed E-state index contributed by atoms with van der Waals surface area (Å²) in [5.41, 5.74) is 0. The summed E-state index contributed by atoms with van der Waals surface area (Å²) >= 11 is 0. The third kappa shape index (κ3) is 9.86. The molecule has 0 fully saturated rings. The highest BCUT2D eigenvalue weighted by atomic mass is 16.1. The lowest BCUT2D eigenvalue weighted by Gasteiger charge is -2.13. The predicted molar refractivity (Wildman–Crippen MR) is 70.4 cm³/mol. The van der Waals surface area contributed by atoms with Crippen LogP contribution in [0.1, 0.15) is 71.6 Å². The molecule has 0 aromatic carbocycles. The van der Waals surface area contributed by atoms with Gasteiger partial charge in [-0.25, -0.2) is 0 Å². The molecular formula is C14H26N2O. The highest BCUT2D eigenvalue weighted by Gasteiger charge is 2.09. The highest BCUT2D eigenvalue weighted by molar-refractivity contribution is 5.76. The van der Waals surface area contributed by atoms with Crippen molar-refractivity contribution in [2.45, 2.75) is 77.7 Å². The molecule has 0 saturated carbocycles. The Morgan fingerprint density at radius 1 is 1.18 bits per heavy atom. The molecule has 0 bridgehead atoms. The molecule has 3 nitrogen and oxygen atoms in total. The summed E-state index contributed by atoms with van der Waals surface area (Å²) in [4.78, 5) is 11.6. The molecule has 1 unspecified atom stereocenters. The van der Waals surface area contributed by atoms with E-state index in [1.807, 2.05) is 6.92 Å². The summed E-state index contributed by atoms with van der Waals surface area (Å²) < 4.78 is 0. The van der Waals surface area contributed by atoms with Gasteiger partial charge in [0.05, 0.1) is 12.5 Å². The fraction of sp³-hybridized carbons (Fsp3) is 0.857. The van der Waals surface area contributed by atoms with Gasteiger partial charge >= 0.3 is 0 Å². The lowest BCUT2D eigenvalue weighted by atomic mass is 10.1. The average molecular weight is 238 g/mol. The Morgan fingerprint density at radius 2 is 1.82 bits per heavy atom. The fourth-order valence-electron chi connectivity index (χ4n) is 1.77. The van der Waals surface area contributed by atoms with Crippen LogP contribution in [-0.4, -0.2) is 11.9 Å². The average Bonchev–Trinajstić information content (AvgIpc) is 2.33. The predicted octanol–water partition coefficient (Wildman–Crippen LogP) is 3.55. The Balaban J connectivity index is 3.48. The van der Waals surface area contributed by atoms with Crippen LogP contribution >= 0.6 is 0 Å². The summed E-state index contributed by atoms with van der Waals surface area (Å²) in [6.07, 6.45) is 9.03. The second-order valence-corrected chi connectivity index (χ2v) is 4.55. The van der Waals surface area contributed by atoms with Crippen LogP contribution in [0.3, 0.4) is 0 Å². The molecule has 17 heavy (non-hydrogen) atoms. The van der Waals surface area contributed by atoms with Crippen LogP contribution in [0.4, 0.5) is 0 Å². The Morgan fingerprint density at radius 3 is 2.41 bits per heavy atom. The van der Waals surface area contributed by atoms with Crippen LogP contribution in [0.25, 0.3) is 0 Å². The molecule has 0 aromatic heterocycles. The molecule has 0 rings (SSSR count). The van der Waals surface area contributed by atoms with E-state index in [4.69, 9.17) is 5.26 Å². The van der Waals surface area contributed by atoms with Crippen LogP contribution in [0, 0.1) is 11.3 Å². The summed E-state index contributed by atoms with van der Waals surface area (Å²) in [6.45, 7) is 4.20. The number of nitrogens with one attached hydrogen (secondary N) is 1. The third-order valence-electron chi connectivity index (χ3n) is 2.95. The number of carbonyl (C=O) groups is 1. The largest absolute Gasteiger partial charge is 0.352 e. The van der Waals surface area contributed by atoms with Crippen molar-refractivity contribution < 1.29 is 4.79 Å². The van der Waals surface area contributed by atoms with Gasteiger partial charge in [-0.2, -0.15) is 5.26 Å². The van der Waals surface area contributed by atoms with Gasteiger partial charge in [0.2, 0.25) is 5.91 Å². The normalized spacial score (nSPS) is 11.8. The Hall–Kier alpha value is -1.04. The minimum atomic E-state index is 0.0348. The molecule has 0 aliphatic heterocycles. The number of nitriles is 1. The maximum absolute atomic E-state index is 11.6. The van der Waals surface area contributed by atoms with Crippen molar-refractivity contribution in [1.82, 2.24) is 5.32 Å². The first kappa shape index (κ1) is 16.0. The number of nitrogens with zero attached hydrogens (tertiary/aromatic N) is 1. The smallest absolute Gasteiger partial charge is 0.220 e. The molecule has 98 valence electrons. The van der Waals surface area contributed by atoms with Crippen LogP contribution in [-0.2, 0) is 4.79 Å². The topological polar surface area (TPSA) is 52.9 Å². The van der Waals surface area contributed by atoms with Gasteiger partial charge in [0.25, 0.3) is 0 Å². The molecule has 0 aliphatic carbocycles. The fourth-order valence-corrected chi connectivity index (χ4v) is 1.77. The molecular weight excluding hydrogens is 212 g/mol. The quantitative estimate of drug-likeness (QED) is 0.592. The summed E-state index contributed by atoms with van der Waals surface area (Å²) in [5, 5.41) is 11.5. The van der Waals surface area contributed by atoms with E-state index in [-0.39, 0.29) is 11.9 Å². The van der Waals surface area contributed by atoms with Gasteiger partial charge in [-0.3, -0.25) is 4.79 Å². The van der Waals surface area contributed by atoms with Crippen LogP contribution < -0.4 is 5.32 Å². The summed E-state index contributed by atoms with van der Waals surface area (Å²) in [5.74, 6) is 0.0996. The number of amides is 1. The first-order valence-electron chi connectivity index (χ1n) is 6.90. The van der Waals surface area contributed by atoms with E-state index in [0.29, 0.717) is 12.8 Å². The first-order valence-corrected chi connectivity index (χ1v) is 6.90. The van der Waals surface area contributed by atoms with Crippen LogP contribution in [0.15, 0.2) is 0 Å². The van der Waals surface area contributed by atoms with Gasteiger partial charge in [0.15, 0.2) is 0 Å². The second-order valence-electron chi connectivity index (χ2n) is 4.55. The van der Waals surface area contributed by atoms with Crippen LogP contribution in [0.5, 0.6) is 0 Å². The number of hydrogen-bond donors (Lipinski definition) is 1. The van der Waals surface area contributed by atoms with Gasteiger partial charge in [-0.05, 0) is 12.8 Å². The maximum Gasteiger partial charge on any atom is 0.220 e. The lowest BCUT2D eigenvalue weighted by Crippen LogP contribution is -2.33. The van der Waals surface area contributed by atoms with E-state index in [0.717, 1.165) is 19.3 Å². The van der Waals surface area contributed by atoms with Gasteiger partial charge in [0, 0.05) is 12.5 Å². The zero-order chi connectivity index (χ0) is 12.9. The SMILES string of the molecule is CCCCCCCCC(=O)NC(CC)CC#N. The van der Waals surface area contributed by atoms with Gasteiger partial charge in [0.1, 0.15) is 0 Å². The van der Waals surface area contributed by atoms with Crippen molar-refractivity contribution in [2.24, 2.45) is 0 Å². The van der Waals surface area contributed by atoms with Crippen molar-refractivity contribution in [3.63, 3.8) is 0 Å². The monoisotopic (exact) mass is 238 g/mol. The Kier molecular flexibility index (Phi) is 10.7. The molecule has 1 N–H and O–H groups in total. The molecule has 0 aliphatic rings. The van der Waals surface area contributed by atoms with Gasteiger partial charge in [-0.1, -0.05) is 46.0 Å². The van der Waals surface area contributed by atoms with E-state index in [1.165, 1.54) is 25.7 Å². The Bertz CT molecular complexity index is 233. The third-order valence-corrected chi connectivity index (χ3v) is 2.95. The van der Waals surface area contributed by atoms with Crippen molar-refractivity contribution in [3.05, 3.63) is 0 Å². The standard InChI is InChI=1S/C14H26N2O/c1-3-5-6-7-8-9-10-14(17)16-13(4-2)11-12-15/h13H,3-11H2,1-2H3,(H,16,17). The minimum absolute atomic E-state index is 0.0348. The van der Waals surface area contributed by atoms with Gasteiger partial charge in [-0.15, -0.1) is 0 Å². The molecule has 1 atom stereocenters. The van der Waals surface area contributed by atoms with Crippen molar-refractivity contribution in [1.29, 1.82) is 5.26 Å². The van der Waals surface area contributed by atoms with E-state index < -0.39 is 0 Å². The zero-order valence-corrected chi connectivity index (χ0v) is 11.3. The van der Waals surface area contributed by atoms with Crippen molar-refractivity contribution in [2.75, 3.05) is 0 Å². The number of rotatable bonds is 10. The van der Waals surface area contributed by atoms with Crippen LogP contribution in [0.2, 0.25) is 0 Å². The van der Waals surface area contributed by atoms with E-state index in [2.05, 4.69) is 18.3 Å². The summed E-state index contributed by atoms with van der Waals surface area (Å²) in [7, 11) is 0. The zero-order valence-electron chi connectivity index (χ0n) is 11.3. The lowest BCUT2D eigenvalue weighted by molar-refractivity contribution is -0.121. The van der Waals surface area contributed by atoms with E-state index >= 15 is 0 Å². The second kappa shape index (κ2) is 11.4. The molecule has 0 radical (unpaired) electrons.